The molecule has 2 saturated heterocycles. The van der Waals surface area contributed by atoms with Crippen LogP contribution in [-0.4, -0.2) is 68.2 Å². The smallest absolute Gasteiger partial charge is 0.405 e. The van der Waals surface area contributed by atoms with Crippen molar-refractivity contribution in [2.75, 3.05) is 46.1 Å². The average Bonchev–Trinajstić information content (AvgIpc) is 3.02. The van der Waals surface area contributed by atoms with Crippen molar-refractivity contribution in [3.8, 4) is 5.75 Å². The molecule has 162 valence electrons. The van der Waals surface area contributed by atoms with E-state index in [1.165, 1.54) is 0 Å². The Morgan fingerprint density at radius 2 is 2.10 bits per heavy atom. The second kappa shape index (κ2) is 9.32. The Kier molecular flexibility index (Phi) is 7.02. The van der Waals surface area contributed by atoms with Crippen LogP contribution >= 0.6 is 0 Å². The highest BCUT2D eigenvalue weighted by Crippen LogP contribution is 2.45. The van der Waals surface area contributed by atoms with Crippen LogP contribution < -0.4 is 10.1 Å². The first-order chi connectivity index (χ1) is 13.8. The molecule has 0 saturated carbocycles. The third-order valence-corrected chi connectivity index (χ3v) is 5.65. The molecular formula is C20H27F3N2O4. The number of benzene rings is 1. The number of nitrogens with zero attached hydrogens (tertiary/aromatic N) is 1. The number of hydrogen-bond acceptors (Lipinski definition) is 5. The van der Waals surface area contributed by atoms with Gasteiger partial charge < -0.3 is 19.9 Å². The highest BCUT2D eigenvalue weighted by molar-refractivity contribution is 5.80. The minimum absolute atomic E-state index is 0.0737. The van der Waals surface area contributed by atoms with Crippen LogP contribution in [0.4, 0.5) is 13.2 Å². The third kappa shape index (κ3) is 5.83. The number of rotatable bonds is 7. The van der Waals surface area contributed by atoms with Gasteiger partial charge in [0.1, 0.15) is 18.9 Å². The van der Waals surface area contributed by atoms with E-state index < -0.39 is 24.5 Å². The van der Waals surface area contributed by atoms with Gasteiger partial charge >= 0.3 is 6.18 Å². The van der Waals surface area contributed by atoms with E-state index >= 15 is 0 Å². The summed E-state index contributed by atoms with van der Waals surface area (Å²) in [5.41, 5.74) is 0.623. The maximum Gasteiger partial charge on any atom is 0.405 e. The highest BCUT2D eigenvalue weighted by atomic mass is 19.4. The lowest BCUT2D eigenvalue weighted by Crippen LogP contribution is -2.46. The monoisotopic (exact) mass is 416 g/mol. The van der Waals surface area contributed by atoms with Crippen LogP contribution in [0.3, 0.4) is 0 Å². The van der Waals surface area contributed by atoms with E-state index in [1.54, 1.807) is 6.07 Å². The van der Waals surface area contributed by atoms with Gasteiger partial charge in [-0.15, -0.1) is 0 Å². The Balaban J connectivity index is 1.69. The van der Waals surface area contributed by atoms with Gasteiger partial charge in [0.05, 0.1) is 12.5 Å². The van der Waals surface area contributed by atoms with Gasteiger partial charge in [0.2, 0.25) is 5.91 Å². The van der Waals surface area contributed by atoms with Gasteiger partial charge in [-0.05, 0) is 30.5 Å². The van der Waals surface area contributed by atoms with Crippen LogP contribution in [-0.2, 0) is 16.1 Å². The number of aliphatic hydroxyl groups is 1. The van der Waals surface area contributed by atoms with E-state index in [0.29, 0.717) is 51.4 Å². The molecule has 0 aromatic heterocycles. The van der Waals surface area contributed by atoms with Crippen LogP contribution in [0.1, 0.15) is 18.4 Å². The van der Waals surface area contributed by atoms with Crippen LogP contribution in [0.5, 0.6) is 5.75 Å². The van der Waals surface area contributed by atoms with E-state index in [4.69, 9.17) is 14.6 Å². The summed E-state index contributed by atoms with van der Waals surface area (Å²) in [5, 5.41) is 11.0. The largest absolute Gasteiger partial charge is 0.491 e. The molecule has 2 heterocycles. The van der Waals surface area contributed by atoms with Crippen molar-refractivity contribution in [3.05, 3.63) is 29.8 Å². The number of amides is 1. The second-order valence-corrected chi connectivity index (χ2v) is 7.75. The van der Waals surface area contributed by atoms with E-state index in [-0.39, 0.29) is 18.6 Å². The second-order valence-electron chi connectivity index (χ2n) is 7.75. The number of likely N-dealkylation sites (tertiary alicyclic amines) is 1. The van der Waals surface area contributed by atoms with Gasteiger partial charge in [-0.1, -0.05) is 12.1 Å². The predicted octanol–water partition coefficient (Wildman–Crippen LogP) is 1.96. The molecule has 1 aromatic rings. The zero-order chi connectivity index (χ0) is 20.9. The van der Waals surface area contributed by atoms with Gasteiger partial charge in [-0.25, -0.2) is 0 Å². The molecule has 9 heteroatoms. The Bertz CT molecular complexity index is 693. The van der Waals surface area contributed by atoms with Crippen LogP contribution in [0.25, 0.3) is 0 Å². The van der Waals surface area contributed by atoms with Crippen molar-refractivity contribution in [1.29, 1.82) is 0 Å². The fourth-order valence-electron chi connectivity index (χ4n) is 4.30. The van der Waals surface area contributed by atoms with E-state index in [0.717, 1.165) is 5.56 Å². The first kappa shape index (κ1) is 21.9. The fraction of sp³-hybridized carbons (Fsp3) is 0.650. The molecule has 1 atom stereocenters. The van der Waals surface area contributed by atoms with Crippen LogP contribution in [0.15, 0.2) is 24.3 Å². The van der Waals surface area contributed by atoms with Crippen molar-refractivity contribution >= 4 is 5.91 Å². The number of carbonyl (C=O) groups is 1. The molecule has 1 aromatic carbocycles. The zero-order valence-corrected chi connectivity index (χ0v) is 16.2. The van der Waals surface area contributed by atoms with Crippen molar-refractivity contribution in [1.82, 2.24) is 10.2 Å². The Labute approximate surface area is 168 Å². The molecule has 0 bridgehead atoms. The van der Waals surface area contributed by atoms with Crippen molar-refractivity contribution < 1.29 is 32.5 Å². The summed E-state index contributed by atoms with van der Waals surface area (Å²) in [5.74, 6) is -0.384. The van der Waals surface area contributed by atoms with Crippen LogP contribution in [0, 0.1) is 11.3 Å². The number of halogens is 3. The third-order valence-electron chi connectivity index (χ3n) is 5.65. The quantitative estimate of drug-likeness (QED) is 0.711. The lowest BCUT2D eigenvalue weighted by Gasteiger charge is -2.37. The van der Waals surface area contributed by atoms with E-state index in [2.05, 4.69) is 10.2 Å². The Hall–Kier alpha value is -1.84. The van der Waals surface area contributed by atoms with Crippen molar-refractivity contribution in [3.63, 3.8) is 0 Å². The molecule has 2 N–H and O–H groups in total. The van der Waals surface area contributed by atoms with Gasteiger partial charge in [0, 0.05) is 38.3 Å². The molecule has 1 amide bonds. The molecule has 1 spiro atoms. The Morgan fingerprint density at radius 1 is 1.34 bits per heavy atom. The standard InChI is InChI=1S/C20H27F3N2O4/c21-20(22,23)13-24-18(27)17-12-25(14-19(17)4-7-28-8-5-19)11-15-2-1-3-16(10-15)29-9-6-26/h1-3,10,17,26H,4-9,11-14H2,(H,24,27). The topological polar surface area (TPSA) is 71.0 Å². The molecule has 2 aliphatic rings. The summed E-state index contributed by atoms with van der Waals surface area (Å²) in [7, 11) is 0. The predicted molar refractivity (Wildman–Crippen MR) is 99.3 cm³/mol. The fourth-order valence-corrected chi connectivity index (χ4v) is 4.30. The molecule has 0 radical (unpaired) electrons. The first-order valence-corrected chi connectivity index (χ1v) is 9.78. The summed E-state index contributed by atoms with van der Waals surface area (Å²) in [4.78, 5) is 14.7. The molecule has 29 heavy (non-hydrogen) atoms. The molecule has 3 rings (SSSR count). The average molecular weight is 416 g/mol. The first-order valence-electron chi connectivity index (χ1n) is 9.78. The van der Waals surface area contributed by atoms with E-state index in [9.17, 15) is 18.0 Å². The number of alkyl halides is 3. The van der Waals surface area contributed by atoms with Gasteiger partial charge in [0.15, 0.2) is 0 Å². The van der Waals surface area contributed by atoms with Gasteiger partial charge in [-0.3, -0.25) is 9.69 Å². The lowest BCUT2D eigenvalue weighted by molar-refractivity contribution is -0.143. The number of nitrogens with one attached hydrogen (secondary N) is 1. The summed E-state index contributed by atoms with van der Waals surface area (Å²) in [6.07, 6.45) is -3.10. The molecular weight excluding hydrogens is 389 g/mol. The summed E-state index contributed by atoms with van der Waals surface area (Å²) in [6.45, 7) is 1.48. The molecule has 6 nitrogen and oxygen atoms in total. The SMILES string of the molecule is O=C(NCC(F)(F)F)C1CN(Cc2cccc(OCCO)c2)CC12CCOCC2. The van der Waals surface area contributed by atoms with Crippen LogP contribution in [0.2, 0.25) is 0 Å². The van der Waals surface area contributed by atoms with Gasteiger partial charge in [0.25, 0.3) is 0 Å². The number of aliphatic hydroxyl groups excluding tert-OH is 1. The number of carbonyl (C=O) groups excluding carboxylic acids is 1. The van der Waals surface area contributed by atoms with Crippen molar-refractivity contribution in [2.45, 2.75) is 25.6 Å². The maximum atomic E-state index is 12.6. The molecule has 0 aliphatic carbocycles. The minimum atomic E-state index is -4.42. The van der Waals surface area contributed by atoms with Gasteiger partial charge in [-0.2, -0.15) is 13.2 Å². The number of ether oxygens (including phenoxy) is 2. The molecule has 2 aliphatic heterocycles. The Morgan fingerprint density at radius 3 is 2.79 bits per heavy atom. The minimum Gasteiger partial charge on any atom is -0.491 e. The van der Waals surface area contributed by atoms with Crippen molar-refractivity contribution in [2.24, 2.45) is 11.3 Å². The maximum absolute atomic E-state index is 12.6. The summed E-state index contributed by atoms with van der Waals surface area (Å²) >= 11 is 0. The lowest BCUT2D eigenvalue weighted by atomic mass is 9.72. The van der Waals surface area contributed by atoms with E-state index in [1.807, 2.05) is 18.2 Å². The molecule has 1 unspecified atom stereocenters. The molecule has 2 fully saturated rings. The highest BCUT2D eigenvalue weighted by Gasteiger charge is 2.50. The summed E-state index contributed by atoms with van der Waals surface area (Å²) < 4.78 is 48.5. The zero-order valence-electron chi connectivity index (χ0n) is 16.2. The summed E-state index contributed by atoms with van der Waals surface area (Å²) in [6, 6.07) is 7.48. The number of hydrogen-bond donors (Lipinski definition) is 2. The normalized spacial score (nSPS) is 22.0.